The summed E-state index contributed by atoms with van der Waals surface area (Å²) in [7, 11) is 0. The highest BCUT2D eigenvalue weighted by Gasteiger charge is 2.07. The van der Waals surface area contributed by atoms with E-state index in [1.807, 2.05) is 66.8 Å². The Morgan fingerprint density at radius 2 is 1.35 bits per heavy atom. The summed E-state index contributed by atoms with van der Waals surface area (Å²) in [6, 6.07) is 19.9. The van der Waals surface area contributed by atoms with Gasteiger partial charge >= 0.3 is 0 Å². The zero-order chi connectivity index (χ0) is 15.9. The lowest BCUT2D eigenvalue weighted by atomic mass is 10.1. The number of rotatable bonds is 3. The van der Waals surface area contributed by atoms with Gasteiger partial charge in [-0.2, -0.15) is 0 Å². The van der Waals surface area contributed by atoms with E-state index in [1.54, 1.807) is 23.4 Å². The fourth-order valence-corrected chi connectivity index (χ4v) is 2.24. The van der Waals surface area contributed by atoms with Crippen LogP contribution in [0.1, 0.15) is 11.1 Å². The van der Waals surface area contributed by atoms with Crippen LogP contribution in [0.4, 0.5) is 0 Å². The molecule has 0 fully saturated rings. The molecule has 1 aliphatic heterocycles. The molecule has 112 valence electrons. The van der Waals surface area contributed by atoms with E-state index in [1.165, 1.54) is 0 Å². The quantitative estimate of drug-likeness (QED) is 0.755. The van der Waals surface area contributed by atoms with Crippen molar-refractivity contribution in [3.05, 3.63) is 108 Å². The Balaban J connectivity index is 1.65. The smallest absolute Gasteiger partial charge is 0.254 e. The van der Waals surface area contributed by atoms with Gasteiger partial charge in [0, 0.05) is 18.5 Å². The number of hydrogen-bond acceptors (Lipinski definition) is 1. The molecule has 0 atom stereocenters. The number of hydrogen-bond donors (Lipinski definition) is 0. The molecule has 0 radical (unpaired) electrons. The third-order valence-electron chi connectivity index (χ3n) is 3.46. The van der Waals surface area contributed by atoms with Gasteiger partial charge in [0.2, 0.25) is 0 Å². The number of carbonyl (C=O) groups is 1. The first-order valence-corrected chi connectivity index (χ1v) is 7.50. The van der Waals surface area contributed by atoms with E-state index in [2.05, 4.69) is 18.2 Å². The summed E-state index contributed by atoms with van der Waals surface area (Å²) in [6.45, 7) is 0. The topological polar surface area (TPSA) is 20.3 Å². The number of allylic oxidation sites excluding steroid dienone is 3. The van der Waals surface area contributed by atoms with Crippen LogP contribution in [0.25, 0.3) is 12.2 Å². The molecule has 0 unspecified atom stereocenters. The predicted octanol–water partition coefficient (Wildman–Crippen LogP) is 4.65. The van der Waals surface area contributed by atoms with Crippen LogP contribution in [0.5, 0.6) is 0 Å². The Hall–Kier alpha value is -3.13. The minimum absolute atomic E-state index is 0.0693. The largest absolute Gasteiger partial charge is 0.291 e. The number of amides is 1. The molecule has 3 rings (SSSR count). The van der Waals surface area contributed by atoms with Crippen molar-refractivity contribution in [1.29, 1.82) is 0 Å². The lowest BCUT2D eigenvalue weighted by Gasteiger charge is -2.15. The van der Waals surface area contributed by atoms with E-state index in [0.717, 1.165) is 16.7 Å². The third-order valence-corrected chi connectivity index (χ3v) is 3.46. The fraction of sp³-hybridized carbons (Fsp3) is 0. The molecule has 1 amide bonds. The van der Waals surface area contributed by atoms with Gasteiger partial charge in [-0.05, 0) is 41.0 Å². The van der Waals surface area contributed by atoms with E-state index >= 15 is 0 Å². The third kappa shape index (κ3) is 4.17. The van der Waals surface area contributed by atoms with Crippen molar-refractivity contribution in [2.75, 3.05) is 0 Å². The first-order chi connectivity index (χ1) is 11.3. The summed E-state index contributed by atoms with van der Waals surface area (Å²) in [4.78, 5) is 13.7. The zero-order valence-corrected chi connectivity index (χ0v) is 12.7. The Kier molecular flexibility index (Phi) is 4.65. The molecule has 2 aromatic rings. The predicted molar refractivity (Wildman–Crippen MR) is 95.0 cm³/mol. The first kappa shape index (κ1) is 14.8. The van der Waals surface area contributed by atoms with Crippen molar-refractivity contribution >= 4 is 18.1 Å². The average Bonchev–Trinajstić information content (AvgIpc) is 2.62. The van der Waals surface area contributed by atoms with E-state index in [4.69, 9.17) is 0 Å². The Labute approximate surface area is 136 Å². The molecule has 2 nitrogen and oxygen atoms in total. The molecule has 0 aliphatic carbocycles. The lowest BCUT2D eigenvalue weighted by Crippen LogP contribution is -2.18. The summed E-state index contributed by atoms with van der Waals surface area (Å²) >= 11 is 0. The maximum absolute atomic E-state index is 12.2. The van der Waals surface area contributed by atoms with E-state index in [0.29, 0.717) is 0 Å². The van der Waals surface area contributed by atoms with Gasteiger partial charge in [-0.1, -0.05) is 60.7 Å². The molecule has 2 aromatic carbocycles. The second-order valence-corrected chi connectivity index (χ2v) is 5.18. The molecule has 0 N–H and O–H groups in total. The molecule has 0 spiro atoms. The second-order valence-electron chi connectivity index (χ2n) is 5.18. The molecule has 0 bridgehead atoms. The summed E-state index contributed by atoms with van der Waals surface area (Å²) in [6.07, 6.45) is 12.9. The van der Waals surface area contributed by atoms with Crippen molar-refractivity contribution in [3.63, 3.8) is 0 Å². The molecule has 2 heteroatoms. The monoisotopic (exact) mass is 299 g/mol. The summed E-state index contributed by atoms with van der Waals surface area (Å²) in [5.74, 6) is -0.0693. The number of carbonyl (C=O) groups excluding carboxylic acids is 1. The normalized spacial score (nSPS) is 13.6. The van der Waals surface area contributed by atoms with Gasteiger partial charge in [0.15, 0.2) is 0 Å². The molecule has 23 heavy (non-hydrogen) atoms. The molecular weight excluding hydrogens is 282 g/mol. The highest BCUT2D eigenvalue weighted by atomic mass is 16.2. The maximum atomic E-state index is 12.2. The number of nitrogens with zero attached hydrogens (tertiary/aromatic N) is 1. The van der Waals surface area contributed by atoms with Gasteiger partial charge in [-0.15, -0.1) is 0 Å². The zero-order valence-electron chi connectivity index (χ0n) is 12.7. The van der Waals surface area contributed by atoms with Gasteiger partial charge in [0.05, 0.1) is 0 Å². The van der Waals surface area contributed by atoms with Gasteiger partial charge in [0.25, 0.3) is 5.91 Å². The standard InChI is InChI=1S/C21H17NO/c23-21(12-11-18-7-3-1-4-8-18)22-15-13-20(14-16-22)17-19-9-5-2-6-10-19/h1-17H/b12-11+. The van der Waals surface area contributed by atoms with Gasteiger partial charge < -0.3 is 0 Å². The SMILES string of the molecule is O=C(/C=C/c1ccccc1)N1C=CC(=Cc2ccccc2)C=C1. The summed E-state index contributed by atoms with van der Waals surface area (Å²) in [5, 5.41) is 0. The number of benzene rings is 2. The van der Waals surface area contributed by atoms with Crippen molar-refractivity contribution in [1.82, 2.24) is 4.90 Å². The van der Waals surface area contributed by atoms with Crippen LogP contribution in [0, 0.1) is 0 Å². The van der Waals surface area contributed by atoms with Crippen LogP contribution < -0.4 is 0 Å². The first-order valence-electron chi connectivity index (χ1n) is 7.50. The molecule has 1 heterocycles. The van der Waals surface area contributed by atoms with Crippen LogP contribution in [-0.4, -0.2) is 10.8 Å². The van der Waals surface area contributed by atoms with Crippen molar-refractivity contribution in [2.45, 2.75) is 0 Å². The maximum Gasteiger partial charge on any atom is 0.254 e. The van der Waals surface area contributed by atoms with Crippen molar-refractivity contribution in [2.24, 2.45) is 0 Å². The molecular formula is C21H17NO. The summed E-state index contributed by atoms with van der Waals surface area (Å²) in [5.41, 5.74) is 3.21. The summed E-state index contributed by atoms with van der Waals surface area (Å²) < 4.78 is 0. The molecule has 0 saturated carbocycles. The van der Waals surface area contributed by atoms with Gasteiger partial charge in [-0.3, -0.25) is 9.69 Å². The van der Waals surface area contributed by atoms with Crippen LogP contribution in [0.3, 0.4) is 0 Å². The molecule has 0 saturated heterocycles. The van der Waals surface area contributed by atoms with Crippen molar-refractivity contribution < 1.29 is 4.79 Å². The van der Waals surface area contributed by atoms with Gasteiger partial charge in [-0.25, -0.2) is 0 Å². The lowest BCUT2D eigenvalue weighted by molar-refractivity contribution is -0.121. The highest BCUT2D eigenvalue weighted by molar-refractivity contribution is 5.93. The minimum atomic E-state index is -0.0693. The van der Waals surface area contributed by atoms with E-state index in [9.17, 15) is 4.79 Å². The van der Waals surface area contributed by atoms with Crippen molar-refractivity contribution in [3.8, 4) is 0 Å². The Morgan fingerprint density at radius 1 is 0.783 bits per heavy atom. The van der Waals surface area contributed by atoms with E-state index < -0.39 is 0 Å². The molecule has 0 aromatic heterocycles. The second kappa shape index (κ2) is 7.23. The van der Waals surface area contributed by atoms with Crippen LogP contribution >= 0.6 is 0 Å². The average molecular weight is 299 g/mol. The van der Waals surface area contributed by atoms with Crippen LogP contribution in [0.15, 0.2) is 96.9 Å². The van der Waals surface area contributed by atoms with Crippen LogP contribution in [0.2, 0.25) is 0 Å². The fourth-order valence-electron chi connectivity index (χ4n) is 2.24. The Bertz CT molecular complexity index is 767. The van der Waals surface area contributed by atoms with E-state index in [-0.39, 0.29) is 5.91 Å². The van der Waals surface area contributed by atoms with Gasteiger partial charge in [0.1, 0.15) is 0 Å². The molecule has 1 aliphatic rings. The minimum Gasteiger partial charge on any atom is -0.291 e. The van der Waals surface area contributed by atoms with Crippen LogP contribution in [-0.2, 0) is 4.79 Å². The Morgan fingerprint density at radius 3 is 1.96 bits per heavy atom. The highest BCUT2D eigenvalue weighted by Crippen LogP contribution is 2.14.